The van der Waals surface area contributed by atoms with Gasteiger partial charge < -0.3 is 19.5 Å². The lowest BCUT2D eigenvalue weighted by Crippen LogP contribution is -2.39. The van der Waals surface area contributed by atoms with Crippen molar-refractivity contribution in [1.82, 2.24) is 5.32 Å². The molecular formula is C17H27NO3. The maximum Gasteiger partial charge on any atom is 0.160 e. The van der Waals surface area contributed by atoms with Gasteiger partial charge in [-0.2, -0.15) is 0 Å². The van der Waals surface area contributed by atoms with Gasteiger partial charge in [0, 0.05) is 18.6 Å². The fourth-order valence-electron chi connectivity index (χ4n) is 3.27. The Morgan fingerprint density at radius 3 is 2.67 bits per heavy atom. The van der Waals surface area contributed by atoms with Crippen LogP contribution in [0.2, 0.25) is 0 Å². The topological polar surface area (TPSA) is 39.7 Å². The number of hydrogen-bond donors (Lipinski definition) is 1. The van der Waals surface area contributed by atoms with Crippen LogP contribution in [-0.2, 0) is 11.2 Å². The highest BCUT2D eigenvalue weighted by molar-refractivity contribution is 5.43. The maximum atomic E-state index is 5.83. The van der Waals surface area contributed by atoms with Crippen molar-refractivity contribution in [2.45, 2.75) is 38.3 Å². The molecule has 0 saturated carbocycles. The highest BCUT2D eigenvalue weighted by Crippen LogP contribution is 2.31. The first-order chi connectivity index (χ1) is 10.2. The zero-order valence-electron chi connectivity index (χ0n) is 13.5. The number of rotatable bonds is 7. The molecular weight excluding hydrogens is 266 g/mol. The van der Waals surface area contributed by atoms with Crippen molar-refractivity contribution in [3.8, 4) is 11.5 Å². The molecule has 4 heteroatoms. The zero-order chi connectivity index (χ0) is 15.2. The van der Waals surface area contributed by atoms with E-state index in [0.29, 0.717) is 18.1 Å². The second-order valence-corrected chi connectivity index (χ2v) is 5.56. The van der Waals surface area contributed by atoms with Crippen molar-refractivity contribution in [3.05, 3.63) is 23.8 Å². The van der Waals surface area contributed by atoms with Crippen LogP contribution in [0.15, 0.2) is 18.2 Å². The van der Waals surface area contributed by atoms with E-state index in [2.05, 4.69) is 24.4 Å². The molecule has 0 aromatic heterocycles. The first-order valence-corrected chi connectivity index (χ1v) is 7.73. The number of methoxy groups -OCH3 is 2. The standard InChI is InChI=1S/C17H27NO3/c1-5-15-13(8-9-21-15)14(18-2)10-12-6-7-16(19-3)17(11-12)20-4/h6-7,11,13-15,18H,5,8-10H2,1-4H3. The minimum absolute atomic E-state index is 0.377. The quantitative estimate of drug-likeness (QED) is 0.839. The number of ether oxygens (including phenoxy) is 3. The van der Waals surface area contributed by atoms with Gasteiger partial charge in [-0.1, -0.05) is 13.0 Å². The molecule has 1 fully saturated rings. The molecule has 1 aliphatic rings. The van der Waals surface area contributed by atoms with Crippen molar-refractivity contribution in [2.75, 3.05) is 27.9 Å². The molecule has 4 nitrogen and oxygen atoms in total. The van der Waals surface area contributed by atoms with Crippen molar-refractivity contribution >= 4 is 0 Å². The number of hydrogen-bond acceptors (Lipinski definition) is 4. The first kappa shape index (κ1) is 16.1. The van der Waals surface area contributed by atoms with Gasteiger partial charge in [-0.3, -0.25) is 0 Å². The Hall–Kier alpha value is -1.26. The predicted molar refractivity (Wildman–Crippen MR) is 84.2 cm³/mol. The lowest BCUT2D eigenvalue weighted by molar-refractivity contribution is 0.0783. The van der Waals surface area contributed by atoms with E-state index in [4.69, 9.17) is 14.2 Å². The monoisotopic (exact) mass is 293 g/mol. The smallest absolute Gasteiger partial charge is 0.160 e. The van der Waals surface area contributed by atoms with E-state index >= 15 is 0 Å². The van der Waals surface area contributed by atoms with Gasteiger partial charge in [-0.25, -0.2) is 0 Å². The van der Waals surface area contributed by atoms with Gasteiger partial charge in [0.1, 0.15) is 0 Å². The molecule has 1 aromatic carbocycles. The third-order valence-corrected chi connectivity index (χ3v) is 4.45. The van der Waals surface area contributed by atoms with E-state index in [0.717, 1.165) is 37.4 Å². The molecule has 3 atom stereocenters. The van der Waals surface area contributed by atoms with E-state index in [1.807, 2.05) is 13.1 Å². The molecule has 0 spiro atoms. The Morgan fingerprint density at radius 2 is 2.05 bits per heavy atom. The lowest BCUT2D eigenvalue weighted by Gasteiger charge is -2.27. The van der Waals surface area contributed by atoms with Gasteiger partial charge in [0.15, 0.2) is 11.5 Å². The second-order valence-electron chi connectivity index (χ2n) is 5.56. The molecule has 1 N–H and O–H groups in total. The summed E-state index contributed by atoms with van der Waals surface area (Å²) >= 11 is 0. The molecule has 21 heavy (non-hydrogen) atoms. The second kappa shape index (κ2) is 7.66. The Morgan fingerprint density at radius 1 is 1.29 bits per heavy atom. The van der Waals surface area contributed by atoms with E-state index in [1.54, 1.807) is 14.2 Å². The lowest BCUT2D eigenvalue weighted by atomic mass is 9.87. The van der Waals surface area contributed by atoms with Crippen LogP contribution in [0, 0.1) is 5.92 Å². The number of nitrogens with one attached hydrogen (secondary N) is 1. The van der Waals surface area contributed by atoms with Gasteiger partial charge >= 0.3 is 0 Å². The summed E-state index contributed by atoms with van der Waals surface area (Å²) in [4.78, 5) is 0. The summed E-state index contributed by atoms with van der Waals surface area (Å²) in [6, 6.07) is 6.58. The Bertz CT molecular complexity index is 450. The molecule has 3 unspecified atom stereocenters. The van der Waals surface area contributed by atoms with Crippen LogP contribution < -0.4 is 14.8 Å². The van der Waals surface area contributed by atoms with E-state index in [1.165, 1.54) is 5.56 Å². The summed E-state index contributed by atoms with van der Waals surface area (Å²) in [5.74, 6) is 2.14. The Labute approximate surface area is 127 Å². The third kappa shape index (κ3) is 3.69. The van der Waals surface area contributed by atoms with Gasteiger partial charge in [-0.05, 0) is 44.0 Å². The minimum atomic E-state index is 0.377. The summed E-state index contributed by atoms with van der Waals surface area (Å²) in [6.45, 7) is 3.08. The summed E-state index contributed by atoms with van der Waals surface area (Å²) < 4.78 is 16.5. The predicted octanol–water partition coefficient (Wildman–Crippen LogP) is 2.65. The van der Waals surface area contributed by atoms with Crippen LogP contribution in [0.25, 0.3) is 0 Å². The average Bonchev–Trinajstić information content (AvgIpc) is 3.00. The maximum absolute atomic E-state index is 5.83. The zero-order valence-corrected chi connectivity index (χ0v) is 13.5. The molecule has 118 valence electrons. The van der Waals surface area contributed by atoms with Gasteiger partial charge in [0.2, 0.25) is 0 Å². The summed E-state index contributed by atoms with van der Waals surface area (Å²) in [5.41, 5.74) is 1.26. The Balaban J connectivity index is 2.11. The molecule has 1 aliphatic heterocycles. The molecule has 0 amide bonds. The summed E-state index contributed by atoms with van der Waals surface area (Å²) in [5, 5.41) is 3.47. The van der Waals surface area contributed by atoms with Crippen LogP contribution in [0.4, 0.5) is 0 Å². The van der Waals surface area contributed by atoms with Crippen molar-refractivity contribution < 1.29 is 14.2 Å². The molecule has 0 radical (unpaired) electrons. The van der Waals surface area contributed by atoms with E-state index in [9.17, 15) is 0 Å². The van der Waals surface area contributed by atoms with Crippen LogP contribution in [0.1, 0.15) is 25.3 Å². The van der Waals surface area contributed by atoms with Crippen molar-refractivity contribution in [2.24, 2.45) is 5.92 Å². The highest BCUT2D eigenvalue weighted by Gasteiger charge is 2.32. The van der Waals surface area contributed by atoms with Crippen LogP contribution in [-0.4, -0.2) is 40.0 Å². The van der Waals surface area contributed by atoms with Crippen LogP contribution >= 0.6 is 0 Å². The Kier molecular flexibility index (Phi) is 5.88. The van der Waals surface area contributed by atoms with Crippen molar-refractivity contribution in [1.29, 1.82) is 0 Å². The minimum Gasteiger partial charge on any atom is -0.493 e. The SMILES string of the molecule is CCC1OCCC1C(Cc1ccc(OC)c(OC)c1)NC. The molecule has 1 saturated heterocycles. The average molecular weight is 293 g/mol. The van der Waals surface area contributed by atoms with Gasteiger partial charge in [0.05, 0.1) is 20.3 Å². The summed E-state index contributed by atoms with van der Waals surface area (Å²) in [7, 11) is 5.38. The molecule has 1 heterocycles. The third-order valence-electron chi connectivity index (χ3n) is 4.45. The normalized spacial score (nSPS) is 23.0. The van der Waals surface area contributed by atoms with Gasteiger partial charge in [0.25, 0.3) is 0 Å². The molecule has 0 bridgehead atoms. The first-order valence-electron chi connectivity index (χ1n) is 7.73. The largest absolute Gasteiger partial charge is 0.493 e. The van der Waals surface area contributed by atoms with Gasteiger partial charge in [-0.15, -0.1) is 0 Å². The molecule has 1 aromatic rings. The van der Waals surface area contributed by atoms with Crippen molar-refractivity contribution in [3.63, 3.8) is 0 Å². The fourth-order valence-corrected chi connectivity index (χ4v) is 3.27. The number of likely N-dealkylation sites (N-methyl/N-ethyl adjacent to an activating group) is 1. The van der Waals surface area contributed by atoms with E-state index in [-0.39, 0.29) is 0 Å². The molecule has 2 rings (SSSR count). The summed E-state index contributed by atoms with van der Waals surface area (Å²) in [6.07, 6.45) is 3.57. The van der Waals surface area contributed by atoms with E-state index < -0.39 is 0 Å². The number of benzene rings is 1. The highest BCUT2D eigenvalue weighted by atomic mass is 16.5. The fraction of sp³-hybridized carbons (Fsp3) is 0.647. The molecule has 0 aliphatic carbocycles. The van der Waals surface area contributed by atoms with Crippen LogP contribution in [0.5, 0.6) is 11.5 Å². The van der Waals surface area contributed by atoms with Crippen LogP contribution in [0.3, 0.4) is 0 Å².